The third-order valence-electron chi connectivity index (χ3n) is 2.45. The van der Waals surface area contributed by atoms with E-state index in [0.29, 0.717) is 17.1 Å². The van der Waals surface area contributed by atoms with E-state index >= 15 is 0 Å². The lowest BCUT2D eigenvalue weighted by atomic mass is 10.2. The molecule has 1 heterocycles. The van der Waals surface area contributed by atoms with Crippen molar-refractivity contribution in [3.63, 3.8) is 0 Å². The monoisotopic (exact) mass is 261 g/mol. The number of anilines is 2. The lowest BCUT2D eigenvalue weighted by Crippen LogP contribution is -2.13. The molecule has 0 saturated heterocycles. The van der Waals surface area contributed by atoms with Crippen molar-refractivity contribution >= 4 is 17.3 Å². The Bertz CT molecular complexity index is 599. The van der Waals surface area contributed by atoms with Crippen molar-refractivity contribution in [2.45, 2.75) is 0 Å². The largest absolute Gasteiger partial charge is 0.495 e. The van der Waals surface area contributed by atoms with Gasteiger partial charge in [0.25, 0.3) is 5.91 Å². The number of nitrogen functional groups attached to an aromatic ring is 1. The average Bonchev–Trinajstić information content (AvgIpc) is 2.41. The summed E-state index contributed by atoms with van der Waals surface area (Å²) in [5.41, 5.74) is 6.78. The maximum Gasteiger partial charge on any atom is 0.274 e. The predicted molar refractivity (Wildman–Crippen MR) is 69.6 cm³/mol. The van der Waals surface area contributed by atoms with Crippen molar-refractivity contribution in [1.29, 1.82) is 0 Å². The molecule has 98 valence electrons. The number of carbonyl (C=O) groups is 1. The van der Waals surface area contributed by atoms with Crippen molar-refractivity contribution in [2.75, 3.05) is 18.2 Å². The van der Waals surface area contributed by atoms with Gasteiger partial charge in [0.2, 0.25) is 0 Å². The van der Waals surface area contributed by atoms with Gasteiger partial charge in [0.05, 0.1) is 19.0 Å². The summed E-state index contributed by atoms with van der Waals surface area (Å²) in [4.78, 5) is 15.5. The first-order chi connectivity index (χ1) is 9.10. The first-order valence-electron chi connectivity index (χ1n) is 5.46. The molecule has 1 aromatic heterocycles. The van der Waals surface area contributed by atoms with Crippen molar-refractivity contribution in [3.05, 3.63) is 48.0 Å². The minimum Gasteiger partial charge on any atom is -0.495 e. The molecular formula is C13H12FN3O2. The highest BCUT2D eigenvalue weighted by atomic mass is 19.1. The number of aromatic nitrogens is 1. The number of halogens is 1. The molecule has 1 aromatic carbocycles. The highest BCUT2D eigenvalue weighted by Crippen LogP contribution is 2.25. The molecule has 19 heavy (non-hydrogen) atoms. The summed E-state index contributed by atoms with van der Waals surface area (Å²) in [7, 11) is 1.48. The number of hydrogen-bond acceptors (Lipinski definition) is 4. The highest BCUT2D eigenvalue weighted by molar-refractivity contribution is 6.03. The summed E-state index contributed by atoms with van der Waals surface area (Å²) in [5, 5.41) is 2.62. The topological polar surface area (TPSA) is 77.2 Å². The van der Waals surface area contributed by atoms with Crippen LogP contribution < -0.4 is 15.8 Å². The summed E-state index contributed by atoms with van der Waals surface area (Å²) in [6, 6.07) is 7.33. The van der Waals surface area contributed by atoms with Gasteiger partial charge < -0.3 is 15.8 Å². The first-order valence-corrected chi connectivity index (χ1v) is 5.46. The minimum atomic E-state index is -0.495. The van der Waals surface area contributed by atoms with E-state index in [4.69, 9.17) is 10.5 Å². The van der Waals surface area contributed by atoms with Gasteiger partial charge in [-0.05, 0) is 24.3 Å². The quantitative estimate of drug-likeness (QED) is 0.829. The fraction of sp³-hybridized carbons (Fsp3) is 0.0769. The zero-order valence-corrected chi connectivity index (χ0v) is 10.2. The molecule has 0 aliphatic heterocycles. The molecule has 2 rings (SSSR count). The van der Waals surface area contributed by atoms with Crippen LogP contribution in [0.3, 0.4) is 0 Å². The van der Waals surface area contributed by atoms with E-state index in [1.807, 2.05) is 0 Å². The van der Waals surface area contributed by atoms with Crippen LogP contribution in [0.4, 0.5) is 15.8 Å². The fourth-order valence-electron chi connectivity index (χ4n) is 1.49. The van der Waals surface area contributed by atoms with Gasteiger partial charge in [0, 0.05) is 11.8 Å². The first kappa shape index (κ1) is 12.8. The number of methoxy groups -OCH3 is 1. The predicted octanol–water partition coefficient (Wildman–Crippen LogP) is 2.06. The van der Waals surface area contributed by atoms with Crippen LogP contribution in [0.1, 0.15) is 10.5 Å². The molecule has 0 fully saturated rings. The second-order valence-corrected chi connectivity index (χ2v) is 3.77. The number of carbonyl (C=O) groups excluding carboxylic acids is 1. The number of nitrogens with one attached hydrogen (secondary N) is 1. The average molecular weight is 261 g/mol. The Morgan fingerprint density at radius 3 is 2.79 bits per heavy atom. The maximum atomic E-state index is 12.7. The summed E-state index contributed by atoms with van der Waals surface area (Å²) in [5.74, 6) is -0.470. The van der Waals surface area contributed by atoms with Crippen molar-refractivity contribution in [2.24, 2.45) is 0 Å². The van der Waals surface area contributed by atoms with Gasteiger partial charge in [-0.25, -0.2) is 9.37 Å². The second kappa shape index (κ2) is 5.34. The van der Waals surface area contributed by atoms with Gasteiger partial charge in [0.15, 0.2) is 0 Å². The molecule has 0 bridgehead atoms. The van der Waals surface area contributed by atoms with Gasteiger partial charge in [-0.3, -0.25) is 4.79 Å². The van der Waals surface area contributed by atoms with Crippen LogP contribution in [0.25, 0.3) is 0 Å². The van der Waals surface area contributed by atoms with E-state index in [0.717, 1.165) is 6.20 Å². The van der Waals surface area contributed by atoms with E-state index in [-0.39, 0.29) is 5.69 Å². The molecule has 0 radical (unpaired) electrons. The van der Waals surface area contributed by atoms with Crippen LogP contribution in [-0.2, 0) is 0 Å². The van der Waals surface area contributed by atoms with Crippen molar-refractivity contribution in [3.8, 4) is 5.75 Å². The molecule has 2 aromatic rings. The summed E-state index contributed by atoms with van der Waals surface area (Å²) >= 11 is 0. The summed E-state index contributed by atoms with van der Waals surface area (Å²) in [6.45, 7) is 0. The number of ether oxygens (including phenoxy) is 1. The minimum absolute atomic E-state index is 0.122. The van der Waals surface area contributed by atoms with Gasteiger partial charge in [-0.1, -0.05) is 0 Å². The van der Waals surface area contributed by atoms with Gasteiger partial charge in [-0.2, -0.15) is 0 Å². The Hall–Kier alpha value is -2.63. The Balaban J connectivity index is 2.17. The van der Waals surface area contributed by atoms with Crippen molar-refractivity contribution in [1.82, 2.24) is 4.98 Å². The van der Waals surface area contributed by atoms with Crippen LogP contribution in [-0.4, -0.2) is 18.0 Å². The third kappa shape index (κ3) is 2.98. The lowest BCUT2D eigenvalue weighted by molar-refractivity contribution is 0.102. The highest BCUT2D eigenvalue weighted by Gasteiger charge is 2.09. The standard InChI is InChI=1S/C13H12FN3O2/c1-19-12-6-9(3-4-10(12)15)17-13(18)11-5-2-8(14)7-16-11/h2-7H,15H2,1H3,(H,17,18). The molecular weight excluding hydrogens is 249 g/mol. The maximum absolute atomic E-state index is 12.7. The lowest BCUT2D eigenvalue weighted by Gasteiger charge is -2.08. The molecule has 0 unspecified atom stereocenters. The Morgan fingerprint density at radius 2 is 2.16 bits per heavy atom. The van der Waals surface area contributed by atoms with E-state index < -0.39 is 11.7 Å². The van der Waals surface area contributed by atoms with Crippen LogP contribution in [0.2, 0.25) is 0 Å². The van der Waals surface area contributed by atoms with Gasteiger partial charge in [0.1, 0.15) is 17.3 Å². The zero-order chi connectivity index (χ0) is 13.8. The van der Waals surface area contributed by atoms with Crippen LogP contribution >= 0.6 is 0 Å². The zero-order valence-electron chi connectivity index (χ0n) is 10.2. The van der Waals surface area contributed by atoms with E-state index in [1.54, 1.807) is 18.2 Å². The molecule has 0 atom stereocenters. The van der Waals surface area contributed by atoms with Crippen LogP contribution in [0, 0.1) is 5.82 Å². The molecule has 1 amide bonds. The molecule has 6 heteroatoms. The normalized spacial score (nSPS) is 10.0. The number of rotatable bonds is 3. The molecule has 5 nitrogen and oxygen atoms in total. The van der Waals surface area contributed by atoms with Crippen LogP contribution in [0.15, 0.2) is 36.5 Å². The third-order valence-corrected chi connectivity index (χ3v) is 2.45. The van der Waals surface area contributed by atoms with E-state index in [2.05, 4.69) is 10.3 Å². The molecule has 0 aliphatic carbocycles. The number of nitrogens with zero attached hydrogens (tertiary/aromatic N) is 1. The number of hydrogen-bond donors (Lipinski definition) is 2. The van der Waals surface area contributed by atoms with E-state index in [1.165, 1.54) is 19.2 Å². The van der Waals surface area contributed by atoms with E-state index in [9.17, 15) is 9.18 Å². The number of nitrogens with two attached hydrogens (primary N) is 1. The molecule has 0 aliphatic rings. The second-order valence-electron chi connectivity index (χ2n) is 3.77. The molecule has 0 saturated carbocycles. The van der Waals surface area contributed by atoms with Crippen molar-refractivity contribution < 1.29 is 13.9 Å². The van der Waals surface area contributed by atoms with Gasteiger partial charge in [-0.15, -0.1) is 0 Å². The van der Waals surface area contributed by atoms with Gasteiger partial charge >= 0.3 is 0 Å². The summed E-state index contributed by atoms with van der Waals surface area (Å²) < 4.78 is 17.7. The molecule has 0 spiro atoms. The number of pyridine rings is 1. The SMILES string of the molecule is COc1cc(NC(=O)c2ccc(F)cn2)ccc1N. The van der Waals surface area contributed by atoms with Crippen LogP contribution in [0.5, 0.6) is 5.75 Å². The summed E-state index contributed by atoms with van der Waals surface area (Å²) in [6.07, 6.45) is 0.985. The smallest absolute Gasteiger partial charge is 0.274 e. The Labute approximate surface area is 109 Å². The number of amides is 1. The number of benzene rings is 1. The Kier molecular flexibility index (Phi) is 3.61. The fourth-order valence-corrected chi connectivity index (χ4v) is 1.49. The molecule has 3 N–H and O–H groups in total. The Morgan fingerprint density at radius 1 is 1.37 bits per heavy atom.